The first kappa shape index (κ1) is 18.3. The summed E-state index contributed by atoms with van der Waals surface area (Å²) in [4.78, 5) is 4.99. The summed E-state index contributed by atoms with van der Waals surface area (Å²) in [6.07, 6.45) is 0. The summed E-state index contributed by atoms with van der Waals surface area (Å²) in [5.74, 6) is 0. The van der Waals surface area contributed by atoms with E-state index in [1.165, 1.54) is 0 Å². The van der Waals surface area contributed by atoms with Crippen LogP contribution in [-0.2, 0) is 5.41 Å². The van der Waals surface area contributed by atoms with Crippen LogP contribution in [0.1, 0.15) is 26.5 Å². The largest absolute Gasteiger partial charge is 0.281 e. The zero-order chi connectivity index (χ0) is 20.7. The molecule has 3 heterocycles. The van der Waals surface area contributed by atoms with Gasteiger partial charge in [-0.15, -0.1) is 0 Å². The number of rotatable bonds is 3. The molecule has 5 aromatic rings. The smallest absolute Gasteiger partial charge is 0.111 e. The molecule has 0 aliphatic heterocycles. The molecule has 0 saturated carbocycles. The van der Waals surface area contributed by atoms with Crippen molar-refractivity contribution in [2.24, 2.45) is 0 Å². The highest BCUT2D eigenvalue weighted by Crippen LogP contribution is 2.32. The van der Waals surface area contributed by atoms with E-state index in [1.807, 2.05) is 36.4 Å². The minimum absolute atomic E-state index is 0.00732. The lowest BCUT2D eigenvalue weighted by molar-refractivity contribution is 0.567. The minimum Gasteiger partial charge on any atom is -0.281 e. The topological polar surface area (TPSA) is 70.2 Å². The highest BCUT2D eigenvalue weighted by Gasteiger charge is 2.19. The van der Waals surface area contributed by atoms with E-state index in [2.05, 4.69) is 77.6 Å². The molecule has 0 amide bonds. The fourth-order valence-electron chi connectivity index (χ4n) is 3.57. The zero-order valence-electron chi connectivity index (χ0n) is 17.3. The maximum Gasteiger partial charge on any atom is 0.111 e. The van der Waals surface area contributed by atoms with Gasteiger partial charge in [-0.1, -0.05) is 75.4 Å². The van der Waals surface area contributed by atoms with Crippen molar-refractivity contribution in [2.75, 3.05) is 0 Å². The molecular weight excluding hydrogens is 370 g/mol. The SMILES string of the molecule is CC(C)(C)c1cc(-c2nc(-c3cc(-c4ccccc4)n[nH]3)cc3ccccc23)n[nH]1. The Labute approximate surface area is 175 Å². The van der Waals surface area contributed by atoms with Crippen LogP contribution >= 0.6 is 0 Å². The van der Waals surface area contributed by atoms with Crippen molar-refractivity contribution in [1.29, 1.82) is 0 Å². The van der Waals surface area contributed by atoms with Crippen molar-refractivity contribution in [3.8, 4) is 34.0 Å². The number of hydrogen-bond acceptors (Lipinski definition) is 3. The van der Waals surface area contributed by atoms with Crippen molar-refractivity contribution in [3.63, 3.8) is 0 Å². The third kappa shape index (κ3) is 3.28. The van der Waals surface area contributed by atoms with Crippen LogP contribution in [0.15, 0.2) is 72.8 Å². The molecule has 0 unspecified atom stereocenters. The number of hydrogen-bond donors (Lipinski definition) is 2. The van der Waals surface area contributed by atoms with Gasteiger partial charge in [-0.2, -0.15) is 10.2 Å². The van der Waals surface area contributed by atoms with Crippen molar-refractivity contribution in [2.45, 2.75) is 26.2 Å². The number of aromatic nitrogens is 5. The van der Waals surface area contributed by atoms with Crippen LogP contribution < -0.4 is 0 Å². The highest BCUT2D eigenvalue weighted by atomic mass is 15.1. The van der Waals surface area contributed by atoms with E-state index >= 15 is 0 Å². The Hall–Kier alpha value is -3.73. The molecule has 0 atom stereocenters. The molecule has 0 fully saturated rings. The monoisotopic (exact) mass is 393 g/mol. The predicted octanol–water partition coefficient (Wildman–Crippen LogP) is 5.98. The van der Waals surface area contributed by atoms with Gasteiger partial charge in [0, 0.05) is 22.1 Å². The van der Waals surface area contributed by atoms with Gasteiger partial charge in [0.2, 0.25) is 0 Å². The Morgan fingerprint density at radius 1 is 0.700 bits per heavy atom. The van der Waals surface area contributed by atoms with Crippen LogP contribution in [-0.4, -0.2) is 25.4 Å². The average molecular weight is 393 g/mol. The fourth-order valence-corrected chi connectivity index (χ4v) is 3.57. The minimum atomic E-state index is -0.00732. The Morgan fingerprint density at radius 3 is 2.20 bits per heavy atom. The van der Waals surface area contributed by atoms with Gasteiger partial charge in [0.05, 0.1) is 22.8 Å². The van der Waals surface area contributed by atoms with Gasteiger partial charge in [-0.25, -0.2) is 4.98 Å². The first-order chi connectivity index (χ1) is 14.5. The molecule has 148 valence electrons. The lowest BCUT2D eigenvalue weighted by Crippen LogP contribution is -2.11. The van der Waals surface area contributed by atoms with E-state index in [-0.39, 0.29) is 5.41 Å². The molecule has 0 aliphatic carbocycles. The van der Waals surface area contributed by atoms with Crippen LogP contribution in [0.5, 0.6) is 0 Å². The van der Waals surface area contributed by atoms with E-state index in [4.69, 9.17) is 4.98 Å². The Bertz CT molecular complexity index is 1320. The van der Waals surface area contributed by atoms with E-state index in [9.17, 15) is 0 Å². The molecule has 0 spiro atoms. The molecule has 5 rings (SSSR count). The van der Waals surface area contributed by atoms with Gasteiger partial charge in [-0.3, -0.25) is 10.2 Å². The third-order valence-corrected chi connectivity index (χ3v) is 5.29. The van der Waals surface area contributed by atoms with Crippen LogP contribution in [0.25, 0.3) is 44.8 Å². The molecule has 0 saturated heterocycles. The summed E-state index contributed by atoms with van der Waals surface area (Å²) in [7, 11) is 0. The number of fused-ring (bicyclic) bond motifs is 1. The predicted molar refractivity (Wildman–Crippen MR) is 121 cm³/mol. The van der Waals surface area contributed by atoms with Crippen molar-refractivity contribution in [3.05, 3.63) is 78.5 Å². The average Bonchev–Trinajstić information content (AvgIpc) is 3.44. The number of aromatic amines is 2. The molecule has 5 nitrogen and oxygen atoms in total. The van der Waals surface area contributed by atoms with E-state index in [1.54, 1.807) is 0 Å². The maximum absolute atomic E-state index is 4.99. The molecular formula is C25H23N5. The first-order valence-electron chi connectivity index (χ1n) is 10.1. The number of H-pyrrole nitrogens is 2. The lowest BCUT2D eigenvalue weighted by atomic mass is 9.92. The van der Waals surface area contributed by atoms with Gasteiger partial charge in [0.15, 0.2) is 0 Å². The van der Waals surface area contributed by atoms with Crippen LogP contribution in [0.3, 0.4) is 0 Å². The maximum atomic E-state index is 4.99. The lowest BCUT2D eigenvalue weighted by Gasteiger charge is -2.14. The second-order valence-corrected chi connectivity index (χ2v) is 8.53. The summed E-state index contributed by atoms with van der Waals surface area (Å²) < 4.78 is 0. The number of benzene rings is 2. The summed E-state index contributed by atoms with van der Waals surface area (Å²) in [5, 5.41) is 17.6. The molecule has 0 bridgehead atoms. The van der Waals surface area contributed by atoms with Crippen LogP contribution in [0.2, 0.25) is 0 Å². The number of nitrogens with zero attached hydrogens (tertiary/aromatic N) is 3. The molecule has 5 heteroatoms. The standard InChI is InChI=1S/C25H23N5/c1-25(2,3)23-15-22(29-30-23)24-18-12-8-7-11-17(18)13-20(26-24)21-14-19(27-28-21)16-9-5-4-6-10-16/h4-15H,1-3H3,(H,27,28)(H,29,30). The van der Waals surface area contributed by atoms with E-state index < -0.39 is 0 Å². The third-order valence-electron chi connectivity index (χ3n) is 5.29. The van der Waals surface area contributed by atoms with Crippen molar-refractivity contribution < 1.29 is 0 Å². The van der Waals surface area contributed by atoms with Gasteiger partial charge < -0.3 is 0 Å². The number of pyridine rings is 1. The van der Waals surface area contributed by atoms with Crippen molar-refractivity contribution >= 4 is 10.8 Å². The number of nitrogens with one attached hydrogen (secondary N) is 2. The molecule has 30 heavy (non-hydrogen) atoms. The highest BCUT2D eigenvalue weighted by molar-refractivity contribution is 5.96. The van der Waals surface area contributed by atoms with Gasteiger partial charge in [0.25, 0.3) is 0 Å². The fraction of sp³-hybridized carbons (Fsp3) is 0.160. The first-order valence-corrected chi connectivity index (χ1v) is 10.1. The summed E-state index contributed by atoms with van der Waals surface area (Å²) >= 11 is 0. The van der Waals surface area contributed by atoms with Gasteiger partial charge >= 0.3 is 0 Å². The van der Waals surface area contributed by atoms with Crippen LogP contribution in [0.4, 0.5) is 0 Å². The van der Waals surface area contributed by atoms with Crippen LogP contribution in [0, 0.1) is 0 Å². The Kier molecular flexibility index (Phi) is 4.24. The quantitative estimate of drug-likeness (QED) is 0.396. The summed E-state index contributed by atoms with van der Waals surface area (Å²) in [6, 6.07) is 24.7. The van der Waals surface area contributed by atoms with Gasteiger partial charge in [-0.05, 0) is 23.6 Å². The summed E-state index contributed by atoms with van der Waals surface area (Å²) in [6.45, 7) is 6.51. The molecule has 0 radical (unpaired) electrons. The molecule has 2 N–H and O–H groups in total. The van der Waals surface area contributed by atoms with Gasteiger partial charge in [0.1, 0.15) is 5.69 Å². The summed E-state index contributed by atoms with van der Waals surface area (Å²) in [5.41, 5.74) is 6.49. The Morgan fingerprint density at radius 2 is 1.43 bits per heavy atom. The van der Waals surface area contributed by atoms with Crippen molar-refractivity contribution in [1.82, 2.24) is 25.4 Å². The molecule has 3 aromatic heterocycles. The van der Waals surface area contributed by atoms with E-state index in [0.29, 0.717) is 0 Å². The molecule has 0 aliphatic rings. The molecule has 2 aromatic carbocycles. The second-order valence-electron chi connectivity index (χ2n) is 8.53. The zero-order valence-corrected chi connectivity index (χ0v) is 17.3. The van der Waals surface area contributed by atoms with E-state index in [0.717, 1.165) is 50.5 Å². The second kappa shape index (κ2) is 6.95. The Balaban J connectivity index is 1.65. The normalized spacial score (nSPS) is 11.8.